The summed E-state index contributed by atoms with van der Waals surface area (Å²) in [6.07, 6.45) is 0.827. The number of hydrogen-bond donors (Lipinski definition) is 3. The minimum absolute atomic E-state index is 0.00147. The van der Waals surface area contributed by atoms with Gasteiger partial charge in [0.2, 0.25) is 0 Å². The molecule has 1 saturated carbocycles. The van der Waals surface area contributed by atoms with Crippen molar-refractivity contribution in [3.05, 3.63) is 28.8 Å². The minimum Gasteiger partial charge on any atom is -0.507 e. The Morgan fingerprint density at radius 3 is 2.31 bits per heavy atom. The fourth-order valence-electron chi connectivity index (χ4n) is 5.13. The minimum atomic E-state index is -0.763. The second-order valence-electron chi connectivity index (χ2n) is 8.32. The lowest BCUT2D eigenvalue weighted by atomic mass is 9.56. The summed E-state index contributed by atoms with van der Waals surface area (Å²) in [7, 11) is 0. The van der Waals surface area contributed by atoms with Gasteiger partial charge >= 0.3 is 0 Å². The average Bonchev–Trinajstić information content (AvgIpc) is 2.64. The molecule has 0 unspecified atom stereocenters. The van der Waals surface area contributed by atoms with E-state index in [1.54, 1.807) is 13.8 Å². The van der Waals surface area contributed by atoms with Crippen LogP contribution in [-0.4, -0.2) is 26.9 Å². The Labute approximate surface area is 153 Å². The van der Waals surface area contributed by atoms with E-state index in [1.165, 1.54) is 0 Å². The molecular formula is C21H26O5. The van der Waals surface area contributed by atoms with Gasteiger partial charge in [0, 0.05) is 35.3 Å². The first-order valence-electron chi connectivity index (χ1n) is 9.04. The van der Waals surface area contributed by atoms with Crippen molar-refractivity contribution in [1.82, 2.24) is 0 Å². The zero-order chi connectivity index (χ0) is 19.5. The summed E-state index contributed by atoms with van der Waals surface area (Å²) in [5.41, 5.74) is 0.470. The number of hydrogen-bond acceptors (Lipinski definition) is 5. The third-order valence-corrected chi connectivity index (χ3v) is 6.18. The number of phenols is 3. The van der Waals surface area contributed by atoms with E-state index >= 15 is 0 Å². The lowest BCUT2D eigenvalue weighted by Gasteiger charge is -2.46. The maximum atomic E-state index is 13.3. The van der Waals surface area contributed by atoms with Crippen molar-refractivity contribution in [3.8, 4) is 17.2 Å². The van der Waals surface area contributed by atoms with Gasteiger partial charge in [-0.1, -0.05) is 32.9 Å². The Hall–Kier alpha value is -2.30. The van der Waals surface area contributed by atoms with Crippen LogP contribution in [0.1, 0.15) is 74.4 Å². The SMILES string of the molecule is C=C(C)[C@@H]1[C@H]2CC(=O)CC[C@]1(C)c1c(O)c(O)c(C(C)C)c(O)c1C2=O. The number of Topliss-reactive ketones (excluding diaryl/α,β-unsaturated/α-hetero) is 2. The van der Waals surface area contributed by atoms with Gasteiger partial charge in [0.15, 0.2) is 17.3 Å². The fraction of sp³-hybridized carbons (Fsp3) is 0.524. The van der Waals surface area contributed by atoms with E-state index in [0.717, 1.165) is 5.57 Å². The molecule has 0 heterocycles. The van der Waals surface area contributed by atoms with Crippen molar-refractivity contribution in [2.45, 2.75) is 58.3 Å². The summed E-state index contributed by atoms with van der Waals surface area (Å²) in [6.45, 7) is 11.3. The molecule has 5 nitrogen and oxygen atoms in total. The molecule has 2 aliphatic carbocycles. The molecular weight excluding hydrogens is 332 g/mol. The van der Waals surface area contributed by atoms with Crippen molar-refractivity contribution in [2.24, 2.45) is 11.8 Å². The molecule has 5 heteroatoms. The molecule has 3 N–H and O–H groups in total. The highest BCUT2D eigenvalue weighted by molar-refractivity contribution is 6.07. The van der Waals surface area contributed by atoms with E-state index < -0.39 is 11.3 Å². The topological polar surface area (TPSA) is 94.8 Å². The molecule has 1 aromatic rings. The summed E-state index contributed by atoms with van der Waals surface area (Å²) in [5.74, 6) is -2.60. The van der Waals surface area contributed by atoms with Crippen molar-refractivity contribution in [3.63, 3.8) is 0 Å². The Balaban J connectivity index is 2.45. The molecule has 0 radical (unpaired) electrons. The monoisotopic (exact) mass is 358 g/mol. The van der Waals surface area contributed by atoms with Crippen LogP contribution in [0.2, 0.25) is 0 Å². The fourth-order valence-corrected chi connectivity index (χ4v) is 5.13. The lowest BCUT2D eigenvalue weighted by molar-refractivity contribution is -0.119. The Morgan fingerprint density at radius 1 is 1.15 bits per heavy atom. The largest absolute Gasteiger partial charge is 0.507 e. The van der Waals surface area contributed by atoms with Gasteiger partial charge in [-0.15, -0.1) is 0 Å². The van der Waals surface area contributed by atoms with E-state index in [2.05, 4.69) is 6.58 Å². The van der Waals surface area contributed by atoms with Crippen LogP contribution in [0.25, 0.3) is 0 Å². The van der Waals surface area contributed by atoms with Gasteiger partial charge in [-0.2, -0.15) is 0 Å². The van der Waals surface area contributed by atoms with Crippen LogP contribution in [0.5, 0.6) is 17.2 Å². The van der Waals surface area contributed by atoms with Crippen molar-refractivity contribution in [2.75, 3.05) is 0 Å². The zero-order valence-electron chi connectivity index (χ0n) is 15.7. The van der Waals surface area contributed by atoms with Gasteiger partial charge in [-0.3, -0.25) is 9.59 Å². The van der Waals surface area contributed by atoms with Crippen LogP contribution in [0.15, 0.2) is 12.2 Å². The molecule has 140 valence electrons. The first-order chi connectivity index (χ1) is 12.0. The van der Waals surface area contributed by atoms with E-state index in [9.17, 15) is 24.9 Å². The predicted molar refractivity (Wildman–Crippen MR) is 97.9 cm³/mol. The Morgan fingerprint density at radius 2 is 1.77 bits per heavy atom. The second-order valence-corrected chi connectivity index (χ2v) is 8.32. The van der Waals surface area contributed by atoms with Gasteiger partial charge < -0.3 is 15.3 Å². The van der Waals surface area contributed by atoms with Crippen LogP contribution in [0.3, 0.4) is 0 Å². The molecule has 3 atom stereocenters. The van der Waals surface area contributed by atoms with E-state index in [0.29, 0.717) is 6.42 Å². The summed E-state index contributed by atoms with van der Waals surface area (Å²) in [4.78, 5) is 25.6. The highest BCUT2D eigenvalue weighted by atomic mass is 16.3. The summed E-state index contributed by atoms with van der Waals surface area (Å²) in [6, 6.07) is 0. The quantitative estimate of drug-likeness (QED) is 0.423. The van der Waals surface area contributed by atoms with Gasteiger partial charge in [-0.05, 0) is 25.2 Å². The van der Waals surface area contributed by atoms with Crippen molar-refractivity contribution in [1.29, 1.82) is 0 Å². The number of phenolic OH excluding ortho intramolecular Hbond substituents is 3. The molecule has 0 saturated heterocycles. The van der Waals surface area contributed by atoms with Crippen LogP contribution in [0.4, 0.5) is 0 Å². The molecule has 1 fully saturated rings. The summed E-state index contributed by atoms with van der Waals surface area (Å²) < 4.78 is 0. The smallest absolute Gasteiger partial charge is 0.171 e. The standard InChI is InChI=1S/C21H26O5/c1-9(2)13-18(24)14-16(20(26)19(13)25)21(5)7-6-11(22)8-12(17(14)23)15(21)10(3)4/h9,12,15,24-26H,3,6-8H2,1-2,4-5H3/t12-,15-,21+/m1/s1. The third-order valence-electron chi connectivity index (χ3n) is 6.18. The Bertz CT molecular complexity index is 836. The van der Waals surface area contributed by atoms with Gasteiger partial charge in [-0.25, -0.2) is 0 Å². The average molecular weight is 358 g/mol. The van der Waals surface area contributed by atoms with E-state index in [1.807, 2.05) is 13.8 Å². The molecule has 26 heavy (non-hydrogen) atoms. The van der Waals surface area contributed by atoms with E-state index in [4.69, 9.17) is 0 Å². The van der Waals surface area contributed by atoms with Crippen molar-refractivity contribution >= 4 is 11.6 Å². The summed E-state index contributed by atoms with van der Waals surface area (Å²) in [5, 5.41) is 32.2. The van der Waals surface area contributed by atoms with Crippen molar-refractivity contribution < 1.29 is 24.9 Å². The lowest BCUT2D eigenvalue weighted by Crippen LogP contribution is -2.45. The molecule has 0 aromatic heterocycles. The third kappa shape index (κ3) is 2.29. The Kier molecular flexibility index (Phi) is 4.17. The number of allylic oxidation sites excluding steroid dienone is 1. The van der Waals surface area contributed by atoms with Gasteiger partial charge in [0.1, 0.15) is 11.5 Å². The van der Waals surface area contributed by atoms with E-state index in [-0.39, 0.29) is 70.2 Å². The maximum absolute atomic E-state index is 13.3. The number of fused-ring (bicyclic) bond motifs is 4. The summed E-state index contributed by atoms with van der Waals surface area (Å²) >= 11 is 0. The number of ketones is 2. The first kappa shape index (κ1) is 18.5. The highest BCUT2D eigenvalue weighted by Gasteiger charge is 2.55. The normalized spacial score (nSPS) is 28.0. The second kappa shape index (κ2) is 5.86. The maximum Gasteiger partial charge on any atom is 0.171 e. The zero-order valence-corrected chi connectivity index (χ0v) is 15.7. The molecule has 0 amide bonds. The first-order valence-corrected chi connectivity index (χ1v) is 9.04. The van der Waals surface area contributed by atoms with Crippen LogP contribution in [-0.2, 0) is 10.2 Å². The van der Waals surface area contributed by atoms with Gasteiger partial charge in [0.05, 0.1) is 5.56 Å². The molecule has 0 aliphatic heterocycles. The molecule has 0 spiro atoms. The number of aromatic hydroxyl groups is 3. The van der Waals surface area contributed by atoms with Crippen LogP contribution < -0.4 is 0 Å². The van der Waals surface area contributed by atoms with Gasteiger partial charge in [0.25, 0.3) is 0 Å². The molecule has 2 aliphatic rings. The number of carbonyl (C=O) groups excluding carboxylic acids is 2. The molecule has 2 bridgehead atoms. The number of carbonyl (C=O) groups is 2. The highest BCUT2D eigenvalue weighted by Crippen LogP contribution is 2.60. The molecule has 1 aromatic carbocycles. The van der Waals surface area contributed by atoms with Crippen LogP contribution in [0, 0.1) is 11.8 Å². The molecule has 3 rings (SSSR count). The number of rotatable bonds is 2. The van der Waals surface area contributed by atoms with Crippen LogP contribution >= 0.6 is 0 Å². The predicted octanol–water partition coefficient (Wildman–Crippen LogP) is 3.94. The number of benzene rings is 1.